The first kappa shape index (κ1) is 8.40. The lowest BCUT2D eigenvalue weighted by Crippen LogP contribution is -1.93. The van der Waals surface area contributed by atoms with Crippen LogP contribution in [0, 0.1) is 0 Å². The van der Waals surface area contributed by atoms with Gasteiger partial charge in [-0.2, -0.15) is 0 Å². The molecule has 0 N–H and O–H groups in total. The summed E-state index contributed by atoms with van der Waals surface area (Å²) in [7, 11) is 0. The Morgan fingerprint density at radius 3 is 2.75 bits per heavy atom. The third kappa shape index (κ3) is 4.56. The van der Waals surface area contributed by atoms with Crippen molar-refractivity contribution in [1.29, 1.82) is 0 Å². The fourth-order valence-electron chi connectivity index (χ4n) is 0.409. The number of hydrogen-bond donors (Lipinski definition) is 0. The number of hydrogen-bond acceptors (Lipinski definition) is 0. The normalized spacial score (nSPS) is 14.9. The molecule has 0 aromatic carbocycles. The maximum Gasteiger partial charge on any atom is 0.119 e. The Hall–Kier alpha value is 0.400. The minimum Gasteiger partial charge on any atom is -0.243 e. The molecule has 0 aliphatic carbocycles. The molecule has 0 bridgehead atoms. The van der Waals surface area contributed by atoms with Gasteiger partial charge in [0.15, 0.2) is 0 Å². The highest BCUT2D eigenvalue weighted by atomic mass is 127. The van der Waals surface area contributed by atoms with Crippen LogP contribution in [0.3, 0.4) is 0 Å². The quantitative estimate of drug-likeness (QED) is 0.395. The molecule has 0 saturated carbocycles. The van der Waals surface area contributed by atoms with Crippen LogP contribution < -0.4 is 0 Å². The summed E-state index contributed by atoms with van der Waals surface area (Å²) in [5.74, 6) is 0. The van der Waals surface area contributed by atoms with Gasteiger partial charge in [0.25, 0.3) is 0 Å². The molecule has 0 saturated heterocycles. The van der Waals surface area contributed by atoms with Crippen molar-refractivity contribution in [1.82, 2.24) is 0 Å². The van der Waals surface area contributed by atoms with Crippen LogP contribution in [0.4, 0.5) is 4.39 Å². The molecule has 0 rings (SSSR count). The van der Waals surface area contributed by atoms with Crippen LogP contribution >= 0.6 is 22.6 Å². The summed E-state index contributed by atoms with van der Waals surface area (Å²) >= 11 is 2.17. The van der Waals surface area contributed by atoms with Crippen LogP contribution in [-0.2, 0) is 0 Å². The molecule has 0 spiro atoms. The van der Waals surface area contributed by atoms with E-state index < -0.39 is 6.17 Å². The molecular weight excluding hydrogens is 218 g/mol. The Kier molecular flexibility index (Phi) is 5.81. The molecule has 0 radical (unpaired) electrons. The second-order valence-electron chi connectivity index (χ2n) is 1.52. The van der Waals surface area contributed by atoms with Crippen LogP contribution in [0.2, 0.25) is 0 Å². The second-order valence-corrected chi connectivity index (χ2v) is 2.60. The van der Waals surface area contributed by atoms with E-state index in [1.165, 1.54) is 0 Å². The molecule has 1 atom stereocenters. The van der Waals surface area contributed by atoms with Crippen molar-refractivity contribution < 1.29 is 4.39 Å². The van der Waals surface area contributed by atoms with Crippen LogP contribution in [0.15, 0.2) is 12.2 Å². The Morgan fingerprint density at radius 1 is 1.75 bits per heavy atom. The topological polar surface area (TPSA) is 0 Å². The van der Waals surface area contributed by atoms with Crippen molar-refractivity contribution in [3.8, 4) is 0 Å². The minimum absolute atomic E-state index is 0.644. The predicted octanol–water partition coefficient (Wildman–Crippen LogP) is 2.73. The zero-order chi connectivity index (χ0) is 6.41. The van der Waals surface area contributed by atoms with E-state index in [0.717, 1.165) is 4.43 Å². The second kappa shape index (κ2) is 5.54. The first-order valence-electron chi connectivity index (χ1n) is 2.64. The van der Waals surface area contributed by atoms with Crippen molar-refractivity contribution in [2.24, 2.45) is 0 Å². The van der Waals surface area contributed by atoms with E-state index in [4.69, 9.17) is 0 Å². The molecule has 8 heavy (non-hydrogen) atoms. The lowest BCUT2D eigenvalue weighted by Gasteiger charge is -1.94. The lowest BCUT2D eigenvalue weighted by atomic mass is 10.3. The van der Waals surface area contributed by atoms with Gasteiger partial charge in [0.2, 0.25) is 0 Å². The van der Waals surface area contributed by atoms with E-state index in [1.807, 2.05) is 6.92 Å². The zero-order valence-electron chi connectivity index (χ0n) is 4.90. The van der Waals surface area contributed by atoms with E-state index in [-0.39, 0.29) is 0 Å². The molecule has 0 fully saturated rings. The summed E-state index contributed by atoms with van der Waals surface area (Å²) in [4.78, 5) is 0. The fourth-order valence-corrected chi connectivity index (χ4v) is 1.00. The van der Waals surface area contributed by atoms with Gasteiger partial charge in [0.1, 0.15) is 6.17 Å². The maximum atomic E-state index is 12.3. The summed E-state index contributed by atoms with van der Waals surface area (Å²) < 4.78 is 13.2. The SMILES string of the molecule is C/C=C\C(F)CCI. The first-order valence-corrected chi connectivity index (χ1v) is 4.16. The Labute approximate surface area is 63.3 Å². The average molecular weight is 228 g/mol. The Bertz CT molecular complexity index is 70.9. The van der Waals surface area contributed by atoms with Crippen LogP contribution in [-0.4, -0.2) is 10.6 Å². The summed E-state index contributed by atoms with van der Waals surface area (Å²) in [6.07, 6.45) is 3.25. The van der Waals surface area contributed by atoms with Gasteiger partial charge in [-0.3, -0.25) is 0 Å². The van der Waals surface area contributed by atoms with Crippen LogP contribution in [0.5, 0.6) is 0 Å². The summed E-state index contributed by atoms with van der Waals surface area (Å²) in [5, 5.41) is 0. The van der Waals surface area contributed by atoms with Crippen LogP contribution in [0.1, 0.15) is 13.3 Å². The molecule has 1 unspecified atom stereocenters. The molecule has 0 aliphatic rings. The predicted molar refractivity (Wildman–Crippen MR) is 43.2 cm³/mol. The van der Waals surface area contributed by atoms with E-state index >= 15 is 0 Å². The van der Waals surface area contributed by atoms with Gasteiger partial charge in [0.05, 0.1) is 0 Å². The highest BCUT2D eigenvalue weighted by molar-refractivity contribution is 14.1. The summed E-state index contributed by atoms with van der Waals surface area (Å²) in [6, 6.07) is 0. The first-order chi connectivity index (χ1) is 3.81. The van der Waals surface area contributed by atoms with E-state index in [9.17, 15) is 4.39 Å². The van der Waals surface area contributed by atoms with Crippen molar-refractivity contribution in [3.63, 3.8) is 0 Å². The molecule has 0 amide bonds. The molecule has 2 heteroatoms. The number of halogens is 2. The van der Waals surface area contributed by atoms with Crippen molar-refractivity contribution in [3.05, 3.63) is 12.2 Å². The number of allylic oxidation sites excluding steroid dienone is 2. The standard InChI is InChI=1S/C6H10FI/c1-2-3-6(7)4-5-8/h2-3,6H,4-5H2,1H3/b3-2-. The highest BCUT2D eigenvalue weighted by Gasteiger charge is 1.96. The number of rotatable bonds is 3. The van der Waals surface area contributed by atoms with E-state index in [0.29, 0.717) is 6.42 Å². The largest absolute Gasteiger partial charge is 0.243 e. The lowest BCUT2D eigenvalue weighted by molar-refractivity contribution is 0.394. The smallest absolute Gasteiger partial charge is 0.119 e. The third-order valence-corrected chi connectivity index (χ3v) is 1.41. The fraction of sp³-hybridized carbons (Fsp3) is 0.667. The third-order valence-electron chi connectivity index (χ3n) is 0.786. The number of alkyl halides is 2. The molecule has 0 aliphatic heterocycles. The molecule has 0 aromatic heterocycles. The van der Waals surface area contributed by atoms with Gasteiger partial charge >= 0.3 is 0 Å². The highest BCUT2D eigenvalue weighted by Crippen LogP contribution is 2.01. The van der Waals surface area contributed by atoms with Gasteiger partial charge in [-0.25, -0.2) is 4.39 Å². The van der Waals surface area contributed by atoms with Gasteiger partial charge in [-0.05, 0) is 13.3 Å². The van der Waals surface area contributed by atoms with Crippen molar-refractivity contribution in [2.75, 3.05) is 4.43 Å². The maximum absolute atomic E-state index is 12.3. The van der Waals surface area contributed by atoms with Crippen molar-refractivity contribution in [2.45, 2.75) is 19.5 Å². The van der Waals surface area contributed by atoms with E-state index in [1.54, 1.807) is 12.2 Å². The summed E-state index contributed by atoms with van der Waals surface area (Å²) in [5.41, 5.74) is 0. The van der Waals surface area contributed by atoms with Gasteiger partial charge < -0.3 is 0 Å². The monoisotopic (exact) mass is 228 g/mol. The zero-order valence-corrected chi connectivity index (χ0v) is 7.06. The summed E-state index contributed by atoms with van der Waals surface area (Å²) in [6.45, 7) is 1.83. The molecule has 0 nitrogen and oxygen atoms in total. The molecule has 48 valence electrons. The minimum atomic E-state index is -0.725. The van der Waals surface area contributed by atoms with Gasteiger partial charge in [-0.15, -0.1) is 0 Å². The molecular formula is C6H10FI. The van der Waals surface area contributed by atoms with Gasteiger partial charge in [0, 0.05) is 4.43 Å². The van der Waals surface area contributed by atoms with Crippen LogP contribution in [0.25, 0.3) is 0 Å². The van der Waals surface area contributed by atoms with Crippen molar-refractivity contribution >= 4 is 22.6 Å². The molecule has 0 heterocycles. The Balaban J connectivity index is 3.17. The van der Waals surface area contributed by atoms with E-state index in [2.05, 4.69) is 22.6 Å². The Morgan fingerprint density at radius 2 is 2.38 bits per heavy atom. The molecule has 0 aromatic rings. The van der Waals surface area contributed by atoms with Gasteiger partial charge in [-0.1, -0.05) is 34.7 Å². The average Bonchev–Trinajstić information content (AvgIpc) is 1.68.